The van der Waals surface area contributed by atoms with Crippen LogP contribution >= 0.6 is 7.82 Å². The van der Waals surface area contributed by atoms with Crippen molar-refractivity contribution >= 4 is 13.7 Å². The fraction of sp³-hybridized carbons (Fsp3) is 0.455. The van der Waals surface area contributed by atoms with Crippen LogP contribution in [0.2, 0.25) is 0 Å². The van der Waals surface area contributed by atoms with Crippen LogP contribution in [0.25, 0.3) is 0 Å². The molecule has 5 N–H and O–H groups in total. The average molecular weight is 334 g/mol. The Bertz CT molecular complexity index is 606. The number of phosphoric ester groups is 1. The van der Waals surface area contributed by atoms with Crippen molar-refractivity contribution in [1.82, 2.24) is 0 Å². The molecule has 1 fully saturated rings. The number of primary amides is 1. The highest BCUT2D eigenvalue weighted by molar-refractivity contribution is 7.44. The van der Waals surface area contributed by atoms with Crippen LogP contribution in [-0.2, 0) is 13.8 Å². The molecular formula is C11H15N2O8P. The van der Waals surface area contributed by atoms with Gasteiger partial charge >= 0.3 is 0 Å². The summed E-state index contributed by atoms with van der Waals surface area (Å²) in [4.78, 5) is 30.2. The summed E-state index contributed by atoms with van der Waals surface area (Å²) in [5.74, 6) is -0.685. The number of aliphatic hydroxyl groups is 2. The highest BCUT2D eigenvalue weighted by Gasteiger charge is 2.48. The number of pyridine rings is 1. The van der Waals surface area contributed by atoms with Gasteiger partial charge in [0.05, 0.1) is 6.61 Å². The molecule has 0 aromatic carbocycles. The van der Waals surface area contributed by atoms with Gasteiger partial charge in [-0.1, -0.05) is 0 Å². The van der Waals surface area contributed by atoms with Crippen LogP contribution in [0.4, 0.5) is 0 Å². The van der Waals surface area contributed by atoms with E-state index in [9.17, 15) is 24.5 Å². The summed E-state index contributed by atoms with van der Waals surface area (Å²) in [6.07, 6.45) is -2.31. The van der Waals surface area contributed by atoms with E-state index in [2.05, 4.69) is 4.52 Å². The molecule has 1 aromatic heterocycles. The molecule has 10 nitrogen and oxygen atoms in total. The topological polar surface area (TPSA) is 166 Å². The molecule has 11 heteroatoms. The van der Waals surface area contributed by atoms with Crippen LogP contribution in [0.5, 0.6) is 0 Å². The van der Waals surface area contributed by atoms with Crippen LogP contribution in [0.1, 0.15) is 16.6 Å². The van der Waals surface area contributed by atoms with Crippen LogP contribution in [0.15, 0.2) is 24.5 Å². The second-order valence-electron chi connectivity index (χ2n) is 4.71. The largest absolute Gasteiger partial charge is 0.756 e. The Morgan fingerprint density at radius 1 is 1.50 bits per heavy atom. The van der Waals surface area contributed by atoms with Gasteiger partial charge in [0.2, 0.25) is 0 Å². The van der Waals surface area contributed by atoms with E-state index in [1.54, 1.807) is 0 Å². The minimum absolute atomic E-state index is 0.159. The van der Waals surface area contributed by atoms with Crippen LogP contribution in [0.3, 0.4) is 0 Å². The number of hydrogen-bond acceptors (Lipinski definition) is 7. The molecule has 2 rings (SSSR count). The van der Waals surface area contributed by atoms with E-state index in [-0.39, 0.29) is 5.56 Å². The first-order chi connectivity index (χ1) is 10.2. The smallest absolute Gasteiger partial charge is 0.292 e. The van der Waals surface area contributed by atoms with E-state index in [0.29, 0.717) is 0 Å². The predicted octanol–water partition coefficient (Wildman–Crippen LogP) is -2.83. The number of rotatable bonds is 5. The quantitative estimate of drug-likeness (QED) is 0.330. The maximum atomic E-state index is 11.1. The highest BCUT2D eigenvalue weighted by atomic mass is 31.2. The zero-order chi connectivity index (χ0) is 16.5. The number of ether oxygens (including phenoxy) is 1. The Hall–Kier alpha value is -1.39. The van der Waals surface area contributed by atoms with Gasteiger partial charge in [0.25, 0.3) is 20.0 Å². The molecule has 1 aromatic rings. The molecule has 1 saturated heterocycles. The minimum Gasteiger partial charge on any atom is -0.756 e. The van der Waals surface area contributed by atoms with Crippen molar-refractivity contribution in [2.24, 2.45) is 5.73 Å². The molecule has 1 unspecified atom stereocenters. The van der Waals surface area contributed by atoms with Gasteiger partial charge in [-0.25, -0.2) is 0 Å². The van der Waals surface area contributed by atoms with Crippen molar-refractivity contribution in [3.63, 3.8) is 0 Å². The van der Waals surface area contributed by atoms with E-state index in [1.165, 1.54) is 29.1 Å². The highest BCUT2D eigenvalue weighted by Crippen LogP contribution is 2.33. The molecule has 1 aliphatic rings. The summed E-state index contributed by atoms with van der Waals surface area (Å²) in [5.41, 5.74) is 5.31. The summed E-state index contributed by atoms with van der Waals surface area (Å²) in [6, 6.07) is 2.95. The lowest BCUT2D eigenvalue weighted by Gasteiger charge is -2.19. The first kappa shape index (κ1) is 17.0. The average Bonchev–Trinajstić information content (AvgIpc) is 2.72. The van der Waals surface area contributed by atoms with Gasteiger partial charge in [-0.15, -0.1) is 0 Å². The SMILES string of the molecule is NC(=O)c1ccc[n+]([C@H]2O[C@@H](COP(=O)([O-])O)[C@H](O)[C@@H]2O)c1. The molecule has 22 heavy (non-hydrogen) atoms. The van der Waals surface area contributed by atoms with Crippen molar-refractivity contribution in [2.75, 3.05) is 6.61 Å². The third-order valence-corrected chi connectivity index (χ3v) is 3.62. The van der Waals surface area contributed by atoms with Gasteiger partial charge in [-0.2, -0.15) is 4.57 Å². The minimum atomic E-state index is -4.97. The molecule has 122 valence electrons. The van der Waals surface area contributed by atoms with Gasteiger partial charge in [-0.05, 0) is 6.07 Å². The van der Waals surface area contributed by atoms with Gasteiger partial charge in [0, 0.05) is 6.07 Å². The zero-order valence-electron chi connectivity index (χ0n) is 11.2. The predicted molar refractivity (Wildman–Crippen MR) is 66.9 cm³/mol. The maximum absolute atomic E-state index is 11.1. The number of nitrogens with zero attached hydrogens (tertiary/aromatic N) is 1. The van der Waals surface area contributed by atoms with Crippen molar-refractivity contribution in [2.45, 2.75) is 24.5 Å². The van der Waals surface area contributed by atoms with Crippen molar-refractivity contribution in [1.29, 1.82) is 0 Å². The Balaban J connectivity index is 2.14. The Morgan fingerprint density at radius 2 is 2.18 bits per heavy atom. The number of amides is 1. The summed E-state index contributed by atoms with van der Waals surface area (Å²) in [6.45, 7) is -0.665. The summed E-state index contributed by atoms with van der Waals surface area (Å²) in [7, 11) is -4.97. The summed E-state index contributed by atoms with van der Waals surface area (Å²) < 4.78 is 21.3. The monoisotopic (exact) mass is 334 g/mol. The number of aromatic nitrogens is 1. The Kier molecular flexibility index (Phi) is 4.93. The lowest BCUT2D eigenvalue weighted by Crippen LogP contribution is -2.46. The van der Waals surface area contributed by atoms with Crippen LogP contribution in [-0.4, -0.2) is 45.9 Å². The van der Waals surface area contributed by atoms with Crippen molar-refractivity contribution in [3.05, 3.63) is 30.1 Å². The molecular weight excluding hydrogens is 319 g/mol. The maximum Gasteiger partial charge on any atom is 0.292 e. The lowest BCUT2D eigenvalue weighted by molar-refractivity contribution is -0.765. The van der Waals surface area contributed by atoms with Gasteiger partial charge < -0.3 is 35.0 Å². The number of phosphoric acid groups is 1. The number of carbonyl (C=O) groups is 1. The molecule has 1 amide bonds. The van der Waals surface area contributed by atoms with E-state index < -0.39 is 44.9 Å². The first-order valence-electron chi connectivity index (χ1n) is 6.19. The normalized spacial score (nSPS) is 30.9. The second kappa shape index (κ2) is 6.39. The summed E-state index contributed by atoms with van der Waals surface area (Å²) in [5, 5.41) is 19.8. The van der Waals surface area contributed by atoms with Crippen molar-refractivity contribution in [3.8, 4) is 0 Å². The van der Waals surface area contributed by atoms with Gasteiger partial charge in [0.1, 0.15) is 17.8 Å². The van der Waals surface area contributed by atoms with Gasteiger partial charge in [-0.3, -0.25) is 9.36 Å². The van der Waals surface area contributed by atoms with E-state index in [4.69, 9.17) is 15.4 Å². The molecule has 2 heterocycles. The summed E-state index contributed by atoms with van der Waals surface area (Å²) >= 11 is 0. The van der Waals surface area contributed by atoms with E-state index in [0.717, 1.165) is 0 Å². The second-order valence-corrected chi connectivity index (χ2v) is 5.91. The van der Waals surface area contributed by atoms with E-state index in [1.807, 2.05) is 0 Å². The Morgan fingerprint density at radius 3 is 2.77 bits per heavy atom. The lowest BCUT2D eigenvalue weighted by atomic mass is 10.1. The van der Waals surface area contributed by atoms with E-state index >= 15 is 0 Å². The van der Waals surface area contributed by atoms with Gasteiger partial charge in [0.15, 0.2) is 18.5 Å². The molecule has 0 bridgehead atoms. The molecule has 0 radical (unpaired) electrons. The molecule has 0 saturated carbocycles. The number of nitrogens with two attached hydrogens (primary N) is 1. The fourth-order valence-electron chi connectivity index (χ4n) is 2.08. The molecule has 0 aliphatic carbocycles. The third-order valence-electron chi connectivity index (χ3n) is 3.14. The molecule has 5 atom stereocenters. The number of carbonyl (C=O) groups excluding carboxylic acids is 1. The zero-order valence-corrected chi connectivity index (χ0v) is 12.1. The fourth-order valence-corrected chi connectivity index (χ4v) is 2.41. The first-order valence-corrected chi connectivity index (χ1v) is 7.69. The van der Waals surface area contributed by atoms with Crippen molar-refractivity contribution < 1.29 is 43.2 Å². The standard InChI is InChI=1S/C11H15N2O8P/c12-10(16)6-2-1-3-13(4-6)11-9(15)8(14)7(21-11)5-20-22(17,18)19/h1-4,7-9,11,14-15H,5H2,(H3-,12,16,17,18,19)/t7-,8-,9-,11-/m0/s1. The molecule has 1 aliphatic heterocycles. The molecule has 0 spiro atoms. The number of aliphatic hydroxyl groups excluding tert-OH is 2. The Labute approximate surface area is 124 Å². The number of hydrogen-bond donors (Lipinski definition) is 4. The van der Waals surface area contributed by atoms with Crippen LogP contribution in [0, 0.1) is 0 Å². The van der Waals surface area contributed by atoms with Crippen LogP contribution < -0.4 is 15.2 Å². The third kappa shape index (κ3) is 3.87.